The molecule has 0 atom stereocenters. The van der Waals surface area contributed by atoms with Crippen molar-refractivity contribution in [1.29, 1.82) is 0 Å². The summed E-state index contributed by atoms with van der Waals surface area (Å²) >= 11 is 0. The summed E-state index contributed by atoms with van der Waals surface area (Å²) in [5.41, 5.74) is 4.52. The minimum absolute atomic E-state index is 0. The average Bonchev–Trinajstić information content (AvgIpc) is 2.99. The zero-order chi connectivity index (χ0) is 15.3. The van der Waals surface area contributed by atoms with Gasteiger partial charge in [0.25, 0.3) is 0 Å². The molecule has 0 aliphatic carbocycles. The van der Waals surface area contributed by atoms with Crippen molar-refractivity contribution >= 4 is 17.2 Å². The van der Waals surface area contributed by atoms with Crippen LogP contribution in [0.15, 0.2) is 58.6 Å². The summed E-state index contributed by atoms with van der Waals surface area (Å²) in [4.78, 5) is 9.49. The fourth-order valence-corrected chi connectivity index (χ4v) is 3.05. The predicted octanol–water partition coefficient (Wildman–Crippen LogP) is -0.998. The van der Waals surface area contributed by atoms with Gasteiger partial charge in [0.1, 0.15) is 5.36 Å². The summed E-state index contributed by atoms with van der Waals surface area (Å²) in [6.45, 7) is 4.21. The molecule has 0 radical (unpaired) electrons. The van der Waals surface area contributed by atoms with E-state index < -0.39 is 0 Å². The Morgan fingerprint density at radius 1 is 1.04 bits per heavy atom. The van der Waals surface area contributed by atoms with Crippen LogP contribution >= 0.6 is 0 Å². The van der Waals surface area contributed by atoms with E-state index in [9.17, 15) is 0 Å². The first-order valence-corrected chi connectivity index (χ1v) is 7.36. The lowest BCUT2D eigenvalue weighted by atomic mass is 10.2. The highest BCUT2D eigenvalue weighted by Gasteiger charge is 2.22. The molecule has 4 nitrogen and oxygen atoms in total. The van der Waals surface area contributed by atoms with Gasteiger partial charge in [0.05, 0.1) is 18.3 Å². The highest BCUT2D eigenvalue weighted by atomic mass is 35.5. The van der Waals surface area contributed by atoms with Gasteiger partial charge in [0.2, 0.25) is 0 Å². The van der Waals surface area contributed by atoms with Crippen molar-refractivity contribution in [3.8, 4) is 0 Å². The number of rotatable bonds is 1. The van der Waals surface area contributed by atoms with Gasteiger partial charge < -0.3 is 16.8 Å². The number of para-hydroxylation sites is 2. The SMILES string of the molecule is Cc1c(/N=C2\N=c3ccccc3=[N+]2C)c(C)n2ccccc12.[Cl-]. The van der Waals surface area contributed by atoms with Crippen LogP contribution in [-0.4, -0.2) is 17.4 Å². The molecular weight excluding hydrogens is 308 g/mol. The number of aryl methyl sites for hydroxylation is 2. The lowest BCUT2D eigenvalue weighted by Crippen LogP contribution is -3.00. The second-order valence-corrected chi connectivity index (χ2v) is 5.59. The van der Waals surface area contributed by atoms with Crippen LogP contribution < -0.4 is 27.7 Å². The number of nitrogens with zero attached hydrogens (tertiary/aromatic N) is 4. The first kappa shape index (κ1) is 15.4. The third-order valence-electron chi connectivity index (χ3n) is 4.28. The first-order chi connectivity index (χ1) is 10.7. The standard InChI is InChI=1S/C18H17N4.ClH/c1-12-15-9-6-7-11-22(15)13(2)17(12)20-18-19-14-8-4-5-10-16(14)21(18)3;/h4-11H,1-3H3;1H/q+1;/p-1. The third-order valence-corrected chi connectivity index (χ3v) is 4.28. The maximum atomic E-state index is 4.85. The highest BCUT2D eigenvalue weighted by molar-refractivity contribution is 5.87. The van der Waals surface area contributed by atoms with Crippen LogP contribution in [0.2, 0.25) is 0 Å². The predicted molar refractivity (Wildman–Crippen MR) is 88.4 cm³/mol. The van der Waals surface area contributed by atoms with E-state index in [0.29, 0.717) is 0 Å². The summed E-state index contributed by atoms with van der Waals surface area (Å²) in [6, 6.07) is 14.3. The Balaban J connectivity index is 0.00000156. The largest absolute Gasteiger partial charge is 1.00 e. The Morgan fingerprint density at radius 3 is 2.52 bits per heavy atom. The lowest BCUT2D eigenvalue weighted by molar-refractivity contribution is -0.00000467. The topological polar surface area (TPSA) is 32.1 Å². The molecule has 0 amide bonds. The fourth-order valence-electron chi connectivity index (χ4n) is 3.05. The first-order valence-electron chi connectivity index (χ1n) is 7.36. The van der Waals surface area contributed by atoms with Crippen LogP contribution in [-0.2, 0) is 0 Å². The lowest BCUT2D eigenvalue weighted by Gasteiger charge is -1.94. The Morgan fingerprint density at radius 2 is 1.78 bits per heavy atom. The number of pyridine rings is 1. The molecule has 1 aliphatic heterocycles. The van der Waals surface area contributed by atoms with Gasteiger partial charge in [-0.05, 0) is 38.1 Å². The molecule has 3 heterocycles. The van der Waals surface area contributed by atoms with E-state index in [1.807, 2.05) is 35.9 Å². The average molecular weight is 325 g/mol. The Kier molecular flexibility index (Phi) is 3.78. The Hall–Kier alpha value is -2.46. The van der Waals surface area contributed by atoms with Gasteiger partial charge in [0.15, 0.2) is 11.0 Å². The number of hydrogen-bond donors (Lipinski definition) is 0. The minimum Gasteiger partial charge on any atom is -1.00 e. The van der Waals surface area contributed by atoms with Crippen molar-refractivity contribution in [3.63, 3.8) is 0 Å². The summed E-state index contributed by atoms with van der Waals surface area (Å²) in [6.07, 6.45) is 2.08. The molecule has 0 N–H and O–H groups in total. The van der Waals surface area contributed by atoms with Gasteiger partial charge in [-0.1, -0.05) is 28.2 Å². The second-order valence-electron chi connectivity index (χ2n) is 5.59. The van der Waals surface area contributed by atoms with Crippen molar-refractivity contribution in [2.75, 3.05) is 7.05 Å². The van der Waals surface area contributed by atoms with Crippen molar-refractivity contribution in [1.82, 2.24) is 8.98 Å². The molecule has 2 aromatic heterocycles. The van der Waals surface area contributed by atoms with Crippen molar-refractivity contribution < 1.29 is 12.4 Å². The molecule has 116 valence electrons. The zero-order valence-corrected chi connectivity index (χ0v) is 14.0. The van der Waals surface area contributed by atoms with Gasteiger partial charge in [-0.15, -0.1) is 0 Å². The van der Waals surface area contributed by atoms with Gasteiger partial charge >= 0.3 is 5.96 Å². The summed E-state index contributed by atoms with van der Waals surface area (Å²) in [5.74, 6) is 0.739. The number of aromatic nitrogens is 1. The molecule has 0 fully saturated rings. The number of fused-ring (bicyclic) bond motifs is 2. The molecule has 0 saturated heterocycles. The van der Waals surface area contributed by atoms with E-state index in [1.54, 1.807) is 0 Å². The molecule has 0 saturated carbocycles. The minimum atomic E-state index is 0. The van der Waals surface area contributed by atoms with E-state index in [0.717, 1.165) is 28.1 Å². The fraction of sp³-hybridized carbons (Fsp3) is 0.167. The van der Waals surface area contributed by atoms with Gasteiger partial charge in [-0.3, -0.25) is 0 Å². The van der Waals surface area contributed by atoms with Crippen LogP contribution in [0, 0.1) is 13.8 Å². The van der Waals surface area contributed by atoms with Crippen LogP contribution in [0.4, 0.5) is 5.69 Å². The van der Waals surface area contributed by atoms with E-state index >= 15 is 0 Å². The van der Waals surface area contributed by atoms with E-state index in [-0.39, 0.29) is 12.4 Å². The number of benzene rings is 1. The summed E-state index contributed by atoms with van der Waals surface area (Å²) in [5, 5.41) is 2.07. The summed E-state index contributed by atoms with van der Waals surface area (Å²) < 4.78 is 4.22. The van der Waals surface area contributed by atoms with Crippen molar-refractivity contribution in [2.45, 2.75) is 13.8 Å². The maximum absolute atomic E-state index is 4.85. The van der Waals surface area contributed by atoms with E-state index in [4.69, 9.17) is 4.99 Å². The molecule has 3 aromatic rings. The highest BCUT2D eigenvalue weighted by Crippen LogP contribution is 2.30. The number of hydrogen-bond acceptors (Lipinski definition) is 1. The molecule has 4 rings (SSSR count). The number of aliphatic imine (C=N–C) groups is 1. The maximum Gasteiger partial charge on any atom is 0.434 e. The van der Waals surface area contributed by atoms with Crippen molar-refractivity contribution in [2.24, 2.45) is 9.98 Å². The molecule has 5 heteroatoms. The molecule has 0 unspecified atom stereocenters. The van der Waals surface area contributed by atoms with Gasteiger partial charge in [-0.2, -0.15) is 0 Å². The summed E-state index contributed by atoms with van der Waals surface area (Å²) in [7, 11) is 2.01. The van der Waals surface area contributed by atoms with Crippen LogP contribution in [0.5, 0.6) is 0 Å². The zero-order valence-electron chi connectivity index (χ0n) is 13.3. The van der Waals surface area contributed by atoms with Crippen LogP contribution in [0.25, 0.3) is 5.52 Å². The molecule has 0 spiro atoms. The molecular formula is C18H17ClN4. The van der Waals surface area contributed by atoms with Crippen molar-refractivity contribution in [3.05, 3.63) is 70.6 Å². The third kappa shape index (κ3) is 2.26. The normalized spacial score (nSPS) is 14.7. The van der Waals surface area contributed by atoms with Crippen LogP contribution in [0.3, 0.4) is 0 Å². The smallest absolute Gasteiger partial charge is 0.434 e. The monoisotopic (exact) mass is 324 g/mol. The molecule has 0 bridgehead atoms. The Labute approximate surface area is 140 Å². The number of halogens is 1. The molecule has 1 aliphatic rings. The molecule has 23 heavy (non-hydrogen) atoms. The van der Waals surface area contributed by atoms with Crippen LogP contribution in [0.1, 0.15) is 11.3 Å². The molecule has 1 aromatic carbocycles. The van der Waals surface area contributed by atoms with E-state index in [2.05, 4.69) is 47.6 Å². The second kappa shape index (κ2) is 5.63. The number of guanidine groups is 1. The van der Waals surface area contributed by atoms with E-state index in [1.165, 1.54) is 11.1 Å². The quantitative estimate of drug-likeness (QED) is 0.515. The Bertz CT molecular complexity index is 1020. The van der Waals surface area contributed by atoms with Gasteiger partial charge in [0, 0.05) is 11.8 Å². The van der Waals surface area contributed by atoms with Gasteiger partial charge in [-0.25, -0.2) is 4.58 Å².